The number of ether oxygens (including phenoxy) is 1. The summed E-state index contributed by atoms with van der Waals surface area (Å²) in [6, 6.07) is 0. The van der Waals surface area contributed by atoms with Gasteiger partial charge in [-0.25, -0.2) is 15.0 Å². The number of aryl methyl sites for hydroxylation is 2. The summed E-state index contributed by atoms with van der Waals surface area (Å²) < 4.78 is 11.1. The Labute approximate surface area is 98.9 Å². The number of aromatic nitrogens is 3. The number of oxazole rings is 1. The van der Waals surface area contributed by atoms with Crippen LogP contribution in [0.5, 0.6) is 5.75 Å². The predicted molar refractivity (Wildman–Crippen MR) is 59.5 cm³/mol. The van der Waals surface area contributed by atoms with Gasteiger partial charge in [-0.1, -0.05) is 0 Å². The van der Waals surface area contributed by atoms with Gasteiger partial charge >= 0.3 is 0 Å². The van der Waals surface area contributed by atoms with Crippen LogP contribution >= 0.6 is 0 Å². The molecular formula is C12H13N3O2. The molecule has 88 valence electrons. The molecule has 17 heavy (non-hydrogen) atoms. The average Bonchev–Trinajstić information content (AvgIpc) is 2.80. The zero-order chi connectivity index (χ0) is 11.5. The van der Waals surface area contributed by atoms with Crippen molar-refractivity contribution in [3.63, 3.8) is 0 Å². The predicted octanol–water partition coefficient (Wildman–Crippen LogP) is 1.92. The van der Waals surface area contributed by atoms with E-state index in [4.69, 9.17) is 9.15 Å². The van der Waals surface area contributed by atoms with Crippen LogP contribution in [0, 0.1) is 0 Å². The Morgan fingerprint density at radius 3 is 2.82 bits per heavy atom. The lowest BCUT2D eigenvalue weighted by molar-refractivity contribution is 0.256. The Kier molecular flexibility index (Phi) is 2.73. The van der Waals surface area contributed by atoms with Gasteiger partial charge < -0.3 is 9.15 Å². The summed E-state index contributed by atoms with van der Waals surface area (Å²) >= 11 is 0. The first-order valence-electron chi connectivity index (χ1n) is 5.77. The van der Waals surface area contributed by atoms with Crippen LogP contribution in [0.3, 0.4) is 0 Å². The van der Waals surface area contributed by atoms with Gasteiger partial charge in [0, 0.05) is 6.42 Å². The minimum Gasteiger partial charge on any atom is -0.481 e. The number of hydrogen-bond donors (Lipinski definition) is 0. The second-order valence-electron chi connectivity index (χ2n) is 4.05. The molecule has 1 aliphatic rings. The highest BCUT2D eigenvalue weighted by Gasteiger charge is 2.16. The lowest BCUT2D eigenvalue weighted by Gasteiger charge is -2.05. The molecule has 0 saturated carbocycles. The Bertz CT molecular complexity index is 472. The molecule has 1 aliphatic carbocycles. The zero-order valence-corrected chi connectivity index (χ0v) is 9.43. The first-order chi connectivity index (χ1) is 8.42. The molecule has 0 unspecified atom stereocenters. The average molecular weight is 231 g/mol. The number of nitrogens with zero attached hydrogens (tertiary/aromatic N) is 3. The summed E-state index contributed by atoms with van der Waals surface area (Å²) in [6.45, 7) is 0.334. The molecule has 0 aromatic carbocycles. The van der Waals surface area contributed by atoms with Crippen molar-refractivity contribution in [2.24, 2.45) is 0 Å². The molecule has 5 heteroatoms. The standard InChI is InChI=1S/C12H13N3O2/c1-2-4-11-10(3-1)15-12(17-11)7-16-9-5-13-8-14-6-9/h5-6,8H,1-4,7H2. The van der Waals surface area contributed by atoms with E-state index in [-0.39, 0.29) is 0 Å². The lowest BCUT2D eigenvalue weighted by Crippen LogP contribution is -2.00. The number of hydrogen-bond acceptors (Lipinski definition) is 5. The van der Waals surface area contributed by atoms with Crippen LogP contribution < -0.4 is 4.74 Å². The fraction of sp³-hybridized carbons (Fsp3) is 0.417. The summed E-state index contributed by atoms with van der Waals surface area (Å²) in [5.74, 6) is 2.29. The van der Waals surface area contributed by atoms with E-state index in [1.165, 1.54) is 19.2 Å². The van der Waals surface area contributed by atoms with Crippen LogP contribution in [0.15, 0.2) is 23.1 Å². The Balaban J connectivity index is 1.67. The van der Waals surface area contributed by atoms with E-state index in [0.29, 0.717) is 18.2 Å². The van der Waals surface area contributed by atoms with Crippen LogP contribution in [0.2, 0.25) is 0 Å². The normalized spacial score (nSPS) is 14.4. The summed E-state index contributed by atoms with van der Waals surface area (Å²) in [5.41, 5.74) is 1.10. The number of rotatable bonds is 3. The fourth-order valence-electron chi connectivity index (χ4n) is 1.97. The zero-order valence-electron chi connectivity index (χ0n) is 9.43. The third-order valence-corrected chi connectivity index (χ3v) is 2.79. The Morgan fingerprint density at radius 1 is 1.18 bits per heavy atom. The van der Waals surface area contributed by atoms with Crippen LogP contribution in [0.25, 0.3) is 0 Å². The summed E-state index contributed by atoms with van der Waals surface area (Å²) in [5, 5.41) is 0. The van der Waals surface area contributed by atoms with E-state index in [1.54, 1.807) is 12.4 Å². The van der Waals surface area contributed by atoms with Gasteiger partial charge in [-0.2, -0.15) is 0 Å². The molecule has 0 N–H and O–H groups in total. The summed E-state index contributed by atoms with van der Waals surface area (Å²) in [4.78, 5) is 12.2. The van der Waals surface area contributed by atoms with Crippen LogP contribution in [-0.4, -0.2) is 15.0 Å². The quantitative estimate of drug-likeness (QED) is 0.807. The van der Waals surface area contributed by atoms with Crippen LogP contribution in [0.1, 0.15) is 30.2 Å². The fourth-order valence-corrected chi connectivity index (χ4v) is 1.97. The number of fused-ring (bicyclic) bond motifs is 1. The highest BCUT2D eigenvalue weighted by atomic mass is 16.5. The molecule has 0 bridgehead atoms. The molecule has 0 fully saturated rings. The molecule has 0 radical (unpaired) electrons. The molecule has 0 saturated heterocycles. The molecule has 3 rings (SSSR count). The maximum Gasteiger partial charge on any atom is 0.232 e. The Hall–Kier alpha value is -1.91. The first kappa shape index (κ1) is 10.3. The van der Waals surface area contributed by atoms with Gasteiger partial charge in [0.2, 0.25) is 5.89 Å². The molecule has 5 nitrogen and oxygen atoms in total. The van der Waals surface area contributed by atoms with E-state index in [2.05, 4.69) is 15.0 Å². The molecule has 2 aromatic heterocycles. The van der Waals surface area contributed by atoms with Gasteiger partial charge in [-0.05, 0) is 19.3 Å². The maximum absolute atomic E-state index is 5.65. The van der Waals surface area contributed by atoms with E-state index in [9.17, 15) is 0 Å². The van der Waals surface area contributed by atoms with Crippen molar-refractivity contribution < 1.29 is 9.15 Å². The topological polar surface area (TPSA) is 61.0 Å². The second kappa shape index (κ2) is 4.53. The molecule has 0 amide bonds. The van der Waals surface area contributed by atoms with Crippen LogP contribution in [0.4, 0.5) is 0 Å². The smallest absolute Gasteiger partial charge is 0.232 e. The summed E-state index contributed by atoms with van der Waals surface area (Å²) in [6.07, 6.45) is 9.12. The molecule has 0 spiro atoms. The Morgan fingerprint density at radius 2 is 2.00 bits per heavy atom. The summed E-state index contributed by atoms with van der Waals surface area (Å²) in [7, 11) is 0. The van der Waals surface area contributed by atoms with Crippen molar-refractivity contribution in [2.75, 3.05) is 0 Å². The molecular weight excluding hydrogens is 218 g/mol. The monoisotopic (exact) mass is 231 g/mol. The van der Waals surface area contributed by atoms with Crippen LogP contribution in [-0.2, 0) is 19.4 Å². The molecule has 0 atom stereocenters. The van der Waals surface area contributed by atoms with Crippen molar-refractivity contribution in [2.45, 2.75) is 32.3 Å². The van der Waals surface area contributed by atoms with Gasteiger partial charge in [-0.15, -0.1) is 0 Å². The molecule has 0 aliphatic heterocycles. The largest absolute Gasteiger partial charge is 0.481 e. The third-order valence-electron chi connectivity index (χ3n) is 2.79. The minimum atomic E-state index is 0.334. The lowest BCUT2D eigenvalue weighted by atomic mass is 10.0. The van der Waals surface area contributed by atoms with E-state index >= 15 is 0 Å². The molecule has 2 heterocycles. The van der Waals surface area contributed by atoms with Gasteiger partial charge in [0.05, 0.1) is 18.1 Å². The van der Waals surface area contributed by atoms with E-state index in [1.807, 2.05) is 0 Å². The van der Waals surface area contributed by atoms with Crippen molar-refractivity contribution in [1.82, 2.24) is 15.0 Å². The third kappa shape index (κ3) is 2.27. The van der Waals surface area contributed by atoms with Gasteiger partial charge in [0.1, 0.15) is 12.1 Å². The van der Waals surface area contributed by atoms with E-state index in [0.717, 1.165) is 24.3 Å². The maximum atomic E-state index is 5.65. The van der Waals surface area contributed by atoms with Gasteiger partial charge in [0.15, 0.2) is 12.4 Å². The van der Waals surface area contributed by atoms with Crippen molar-refractivity contribution in [1.29, 1.82) is 0 Å². The van der Waals surface area contributed by atoms with E-state index < -0.39 is 0 Å². The van der Waals surface area contributed by atoms with Crippen molar-refractivity contribution >= 4 is 0 Å². The van der Waals surface area contributed by atoms with Gasteiger partial charge in [0.25, 0.3) is 0 Å². The first-order valence-corrected chi connectivity index (χ1v) is 5.77. The highest BCUT2D eigenvalue weighted by Crippen LogP contribution is 2.22. The highest BCUT2D eigenvalue weighted by molar-refractivity contribution is 5.14. The van der Waals surface area contributed by atoms with Crippen molar-refractivity contribution in [3.05, 3.63) is 36.1 Å². The van der Waals surface area contributed by atoms with Gasteiger partial charge in [-0.3, -0.25) is 0 Å². The van der Waals surface area contributed by atoms with Crippen molar-refractivity contribution in [3.8, 4) is 5.75 Å². The second-order valence-corrected chi connectivity index (χ2v) is 4.05. The SMILES string of the molecule is c1ncc(OCc2nc3c(o2)CCCC3)cn1. The molecule has 2 aromatic rings. The minimum absolute atomic E-state index is 0.334.